The number of imidazole rings is 1. The predicted molar refractivity (Wildman–Crippen MR) is 98.4 cm³/mol. The Labute approximate surface area is 157 Å². The lowest BCUT2D eigenvalue weighted by Crippen LogP contribution is -2.39. The van der Waals surface area contributed by atoms with Gasteiger partial charge in [-0.1, -0.05) is 25.1 Å². The van der Waals surface area contributed by atoms with Crippen LogP contribution in [0.15, 0.2) is 59.2 Å². The largest absolute Gasteiger partial charge is 0.481 e. The van der Waals surface area contributed by atoms with Crippen molar-refractivity contribution in [1.82, 2.24) is 15.3 Å². The van der Waals surface area contributed by atoms with Crippen LogP contribution < -0.4 is 5.32 Å². The standard InChI is InChI=1S/C18H21N3O5S/c1-13(9-15-11-19-12-20-15)18(24)21-14(10-17(22)23)7-8-27(25,26)16-5-3-2-4-6-16/h2-8,11-14H,9-10H2,1H3,(H,19,20)(H,21,24)(H,22,23)/b8-7+/t13-,14+/m0/s1. The fourth-order valence-electron chi connectivity index (χ4n) is 2.39. The van der Waals surface area contributed by atoms with Crippen molar-refractivity contribution < 1.29 is 23.1 Å². The van der Waals surface area contributed by atoms with Gasteiger partial charge in [0.2, 0.25) is 5.91 Å². The van der Waals surface area contributed by atoms with Crippen molar-refractivity contribution >= 4 is 21.7 Å². The zero-order valence-corrected chi connectivity index (χ0v) is 15.5. The molecule has 1 amide bonds. The van der Waals surface area contributed by atoms with Crippen molar-refractivity contribution in [3.8, 4) is 0 Å². The summed E-state index contributed by atoms with van der Waals surface area (Å²) >= 11 is 0. The number of nitrogens with zero attached hydrogens (tertiary/aromatic N) is 1. The molecule has 1 aromatic carbocycles. The molecule has 0 saturated heterocycles. The van der Waals surface area contributed by atoms with Crippen LogP contribution >= 0.6 is 0 Å². The van der Waals surface area contributed by atoms with Crippen molar-refractivity contribution in [2.75, 3.05) is 0 Å². The topological polar surface area (TPSA) is 129 Å². The van der Waals surface area contributed by atoms with Gasteiger partial charge in [-0.05, 0) is 18.2 Å². The number of rotatable bonds is 9. The lowest BCUT2D eigenvalue weighted by atomic mass is 10.0. The summed E-state index contributed by atoms with van der Waals surface area (Å²) in [5.74, 6) is -1.97. The maximum absolute atomic E-state index is 12.3. The monoisotopic (exact) mass is 391 g/mol. The molecule has 1 heterocycles. The molecule has 3 N–H and O–H groups in total. The zero-order valence-electron chi connectivity index (χ0n) is 14.7. The first-order valence-electron chi connectivity index (χ1n) is 8.25. The van der Waals surface area contributed by atoms with E-state index in [9.17, 15) is 18.0 Å². The third kappa shape index (κ3) is 6.37. The lowest BCUT2D eigenvalue weighted by Gasteiger charge is -2.17. The molecule has 9 heteroatoms. The molecule has 1 aromatic heterocycles. The second-order valence-corrected chi connectivity index (χ2v) is 7.92. The summed E-state index contributed by atoms with van der Waals surface area (Å²) in [7, 11) is -3.73. The van der Waals surface area contributed by atoms with E-state index in [4.69, 9.17) is 5.11 Å². The van der Waals surface area contributed by atoms with Crippen molar-refractivity contribution in [3.63, 3.8) is 0 Å². The minimum absolute atomic E-state index is 0.0919. The first-order chi connectivity index (χ1) is 12.8. The van der Waals surface area contributed by atoms with Crippen LogP contribution in [0.1, 0.15) is 19.0 Å². The number of H-pyrrole nitrogens is 1. The van der Waals surface area contributed by atoms with Gasteiger partial charge in [0.15, 0.2) is 9.84 Å². The van der Waals surface area contributed by atoms with Crippen LogP contribution in [0.25, 0.3) is 0 Å². The molecule has 2 atom stereocenters. The summed E-state index contributed by atoms with van der Waals surface area (Å²) in [5.41, 5.74) is 0.773. The normalized spacial score (nSPS) is 14.0. The van der Waals surface area contributed by atoms with E-state index in [1.807, 2.05) is 0 Å². The van der Waals surface area contributed by atoms with Crippen molar-refractivity contribution in [1.29, 1.82) is 0 Å². The van der Waals surface area contributed by atoms with Gasteiger partial charge in [0, 0.05) is 29.6 Å². The number of nitrogens with one attached hydrogen (secondary N) is 2. The van der Waals surface area contributed by atoms with Gasteiger partial charge in [0.05, 0.1) is 23.7 Å². The maximum atomic E-state index is 12.3. The Kier molecular flexibility index (Phi) is 6.89. The summed E-state index contributed by atoms with van der Waals surface area (Å²) in [4.78, 5) is 30.3. The summed E-state index contributed by atoms with van der Waals surface area (Å²) in [6.07, 6.45) is 4.27. The number of aromatic nitrogens is 2. The lowest BCUT2D eigenvalue weighted by molar-refractivity contribution is -0.137. The number of carboxylic acids is 1. The van der Waals surface area contributed by atoms with Gasteiger partial charge in [0.1, 0.15) is 0 Å². The molecule has 0 radical (unpaired) electrons. The number of sulfone groups is 1. The van der Waals surface area contributed by atoms with Crippen LogP contribution in [0.4, 0.5) is 0 Å². The second-order valence-electron chi connectivity index (χ2n) is 6.08. The Balaban J connectivity index is 2.08. The molecular formula is C18H21N3O5S. The zero-order chi connectivity index (χ0) is 19.9. The number of aliphatic carboxylic acids is 1. The Morgan fingerprint density at radius 2 is 2.00 bits per heavy atom. The van der Waals surface area contributed by atoms with E-state index in [-0.39, 0.29) is 10.8 Å². The van der Waals surface area contributed by atoms with Crippen LogP contribution in [-0.4, -0.2) is 41.4 Å². The number of benzene rings is 1. The molecule has 0 fully saturated rings. The van der Waals surface area contributed by atoms with Crippen LogP contribution in [0.5, 0.6) is 0 Å². The van der Waals surface area contributed by atoms with Crippen LogP contribution in [0.2, 0.25) is 0 Å². The molecule has 0 aliphatic heterocycles. The highest BCUT2D eigenvalue weighted by atomic mass is 32.2. The van der Waals surface area contributed by atoms with Gasteiger partial charge in [-0.2, -0.15) is 0 Å². The predicted octanol–water partition coefficient (Wildman–Crippen LogP) is 1.54. The van der Waals surface area contributed by atoms with Crippen LogP contribution in [0, 0.1) is 5.92 Å². The molecule has 0 aliphatic rings. The number of carboxylic acid groups (broad SMARTS) is 1. The number of hydrogen-bond donors (Lipinski definition) is 3. The van der Waals surface area contributed by atoms with E-state index in [1.165, 1.54) is 24.5 Å². The fourth-order valence-corrected chi connectivity index (χ4v) is 3.48. The minimum atomic E-state index is -3.73. The Bertz CT molecular complexity index is 892. The first kappa shape index (κ1) is 20.4. The number of aromatic amines is 1. The van der Waals surface area contributed by atoms with Gasteiger partial charge >= 0.3 is 5.97 Å². The highest BCUT2D eigenvalue weighted by Crippen LogP contribution is 2.12. The van der Waals surface area contributed by atoms with Gasteiger partial charge < -0.3 is 15.4 Å². The van der Waals surface area contributed by atoms with E-state index in [1.54, 1.807) is 31.3 Å². The molecule has 0 saturated carbocycles. The number of carbonyl (C=O) groups is 2. The highest BCUT2D eigenvalue weighted by molar-refractivity contribution is 7.94. The summed E-state index contributed by atoms with van der Waals surface area (Å²) in [5, 5.41) is 12.5. The van der Waals surface area contributed by atoms with Crippen LogP contribution in [0.3, 0.4) is 0 Å². The Morgan fingerprint density at radius 3 is 2.59 bits per heavy atom. The van der Waals surface area contributed by atoms with E-state index in [0.717, 1.165) is 11.1 Å². The summed E-state index contributed by atoms with van der Waals surface area (Å²) < 4.78 is 24.6. The third-order valence-corrected chi connectivity index (χ3v) is 5.26. The smallest absolute Gasteiger partial charge is 0.305 e. The van der Waals surface area contributed by atoms with E-state index >= 15 is 0 Å². The average molecular weight is 391 g/mol. The third-order valence-electron chi connectivity index (χ3n) is 3.81. The summed E-state index contributed by atoms with van der Waals surface area (Å²) in [6, 6.07) is 6.81. The van der Waals surface area contributed by atoms with Crippen molar-refractivity contribution in [3.05, 3.63) is 60.0 Å². The van der Waals surface area contributed by atoms with Crippen molar-refractivity contribution in [2.45, 2.75) is 30.7 Å². The molecular weight excluding hydrogens is 370 g/mol. The van der Waals surface area contributed by atoms with E-state index < -0.39 is 34.2 Å². The quantitative estimate of drug-likeness (QED) is 0.594. The number of carbonyl (C=O) groups excluding carboxylic acids is 1. The molecule has 0 aliphatic carbocycles. The first-order valence-corrected chi connectivity index (χ1v) is 9.80. The maximum Gasteiger partial charge on any atom is 0.305 e. The van der Waals surface area contributed by atoms with Gasteiger partial charge in [-0.3, -0.25) is 9.59 Å². The van der Waals surface area contributed by atoms with Crippen molar-refractivity contribution in [2.24, 2.45) is 5.92 Å². The summed E-state index contributed by atoms with van der Waals surface area (Å²) in [6.45, 7) is 1.69. The second kappa shape index (κ2) is 9.13. The van der Waals surface area contributed by atoms with Crippen LogP contribution in [-0.2, 0) is 25.8 Å². The molecule has 8 nitrogen and oxygen atoms in total. The number of amides is 1. The van der Waals surface area contributed by atoms with Gasteiger partial charge in [-0.25, -0.2) is 13.4 Å². The highest BCUT2D eigenvalue weighted by Gasteiger charge is 2.20. The Hall–Kier alpha value is -2.94. The average Bonchev–Trinajstić information content (AvgIpc) is 3.13. The van der Waals surface area contributed by atoms with E-state index in [0.29, 0.717) is 6.42 Å². The Morgan fingerprint density at radius 1 is 1.30 bits per heavy atom. The molecule has 2 rings (SSSR count). The molecule has 0 bridgehead atoms. The number of hydrogen-bond acceptors (Lipinski definition) is 5. The molecule has 0 spiro atoms. The minimum Gasteiger partial charge on any atom is -0.481 e. The SMILES string of the molecule is C[C@@H](Cc1cnc[nH]1)C(=O)N[C@H](/C=C/S(=O)(=O)c1ccccc1)CC(=O)O. The van der Waals surface area contributed by atoms with E-state index in [2.05, 4.69) is 15.3 Å². The molecule has 144 valence electrons. The molecule has 2 aromatic rings. The molecule has 0 unspecified atom stereocenters. The molecule has 27 heavy (non-hydrogen) atoms. The van der Waals surface area contributed by atoms with Gasteiger partial charge in [0.25, 0.3) is 0 Å². The fraction of sp³-hybridized carbons (Fsp3) is 0.278. The van der Waals surface area contributed by atoms with Gasteiger partial charge in [-0.15, -0.1) is 0 Å².